The highest BCUT2D eigenvalue weighted by Crippen LogP contribution is 2.28. The fourth-order valence-electron chi connectivity index (χ4n) is 2.81. The Hall–Kier alpha value is -0.570. The molecule has 0 aromatic rings. The third kappa shape index (κ3) is 6.95. The largest absolute Gasteiger partial charge is 0.459 e. The fourth-order valence-corrected chi connectivity index (χ4v) is 2.81. The van der Waals surface area contributed by atoms with Crippen LogP contribution in [0, 0.1) is 11.8 Å². The van der Waals surface area contributed by atoms with Gasteiger partial charge in [0.25, 0.3) is 0 Å². The molecule has 1 fully saturated rings. The fraction of sp³-hybridized carbons (Fsp3) is 0.938. The zero-order valence-electron chi connectivity index (χ0n) is 13.3. The highest BCUT2D eigenvalue weighted by Gasteiger charge is 2.22. The SMILES string of the molecule is CC(C)C1CCCC(NCC(=O)OC(C)(C)C)CC1. The van der Waals surface area contributed by atoms with E-state index in [-0.39, 0.29) is 11.6 Å². The summed E-state index contributed by atoms with van der Waals surface area (Å²) in [6.45, 7) is 10.7. The Labute approximate surface area is 118 Å². The van der Waals surface area contributed by atoms with E-state index in [4.69, 9.17) is 4.74 Å². The van der Waals surface area contributed by atoms with Gasteiger partial charge in [0.15, 0.2) is 0 Å². The molecule has 1 aliphatic carbocycles. The van der Waals surface area contributed by atoms with Gasteiger partial charge in [-0.15, -0.1) is 0 Å². The number of esters is 1. The van der Waals surface area contributed by atoms with Gasteiger partial charge in [-0.2, -0.15) is 0 Å². The van der Waals surface area contributed by atoms with Crippen molar-refractivity contribution in [1.82, 2.24) is 5.32 Å². The van der Waals surface area contributed by atoms with Crippen molar-refractivity contribution in [2.45, 2.75) is 78.4 Å². The van der Waals surface area contributed by atoms with E-state index in [0.717, 1.165) is 11.8 Å². The van der Waals surface area contributed by atoms with Gasteiger partial charge in [-0.1, -0.05) is 26.7 Å². The van der Waals surface area contributed by atoms with Crippen LogP contribution in [-0.2, 0) is 9.53 Å². The Morgan fingerprint density at radius 2 is 1.89 bits per heavy atom. The van der Waals surface area contributed by atoms with E-state index in [9.17, 15) is 4.79 Å². The van der Waals surface area contributed by atoms with Crippen LogP contribution in [-0.4, -0.2) is 24.2 Å². The number of rotatable bonds is 4. The first-order chi connectivity index (χ1) is 8.78. The van der Waals surface area contributed by atoms with Crippen LogP contribution in [0.5, 0.6) is 0 Å². The minimum absolute atomic E-state index is 0.142. The zero-order valence-corrected chi connectivity index (χ0v) is 13.3. The van der Waals surface area contributed by atoms with Crippen LogP contribution >= 0.6 is 0 Å². The molecule has 0 aromatic carbocycles. The molecule has 0 radical (unpaired) electrons. The number of ether oxygens (including phenoxy) is 1. The van der Waals surface area contributed by atoms with Crippen molar-refractivity contribution in [3.05, 3.63) is 0 Å². The molecule has 0 aliphatic heterocycles. The van der Waals surface area contributed by atoms with Gasteiger partial charge in [-0.05, 0) is 51.9 Å². The normalized spacial score (nSPS) is 25.2. The Balaban J connectivity index is 2.28. The molecular weight excluding hydrogens is 238 g/mol. The van der Waals surface area contributed by atoms with Crippen molar-refractivity contribution in [3.8, 4) is 0 Å². The van der Waals surface area contributed by atoms with Gasteiger partial charge in [-0.3, -0.25) is 4.79 Å². The monoisotopic (exact) mass is 269 g/mol. The van der Waals surface area contributed by atoms with Crippen molar-refractivity contribution in [2.24, 2.45) is 11.8 Å². The molecule has 0 saturated heterocycles. The van der Waals surface area contributed by atoms with Crippen molar-refractivity contribution in [2.75, 3.05) is 6.54 Å². The Morgan fingerprint density at radius 1 is 1.21 bits per heavy atom. The Kier molecular flexibility index (Phi) is 6.31. The second-order valence-corrected chi connectivity index (χ2v) is 7.18. The molecule has 2 atom stereocenters. The van der Waals surface area contributed by atoms with Crippen LogP contribution < -0.4 is 5.32 Å². The van der Waals surface area contributed by atoms with Crippen LogP contribution in [0.15, 0.2) is 0 Å². The second kappa shape index (κ2) is 7.28. The van der Waals surface area contributed by atoms with Gasteiger partial charge in [0.1, 0.15) is 5.60 Å². The lowest BCUT2D eigenvalue weighted by atomic mass is 9.89. The molecule has 0 bridgehead atoms. The number of hydrogen-bond donors (Lipinski definition) is 1. The van der Waals surface area contributed by atoms with Crippen LogP contribution in [0.25, 0.3) is 0 Å². The van der Waals surface area contributed by atoms with Gasteiger partial charge in [0, 0.05) is 6.04 Å². The predicted octanol–water partition coefficient (Wildman–Crippen LogP) is 3.52. The summed E-state index contributed by atoms with van der Waals surface area (Å²) in [6, 6.07) is 0.483. The van der Waals surface area contributed by atoms with E-state index in [1.165, 1.54) is 32.1 Å². The Bertz CT molecular complexity index is 281. The average molecular weight is 269 g/mol. The summed E-state index contributed by atoms with van der Waals surface area (Å²) in [5, 5.41) is 3.37. The van der Waals surface area contributed by atoms with Crippen molar-refractivity contribution < 1.29 is 9.53 Å². The summed E-state index contributed by atoms with van der Waals surface area (Å²) in [5.74, 6) is 1.50. The maximum absolute atomic E-state index is 11.7. The summed E-state index contributed by atoms with van der Waals surface area (Å²) in [6.07, 6.45) is 6.26. The minimum atomic E-state index is -0.384. The first kappa shape index (κ1) is 16.5. The summed E-state index contributed by atoms with van der Waals surface area (Å²) in [4.78, 5) is 11.7. The maximum Gasteiger partial charge on any atom is 0.320 e. The molecule has 2 unspecified atom stereocenters. The quantitative estimate of drug-likeness (QED) is 0.627. The first-order valence-electron chi connectivity index (χ1n) is 7.73. The molecule has 1 N–H and O–H groups in total. The van der Waals surface area contributed by atoms with Gasteiger partial charge in [0.05, 0.1) is 6.54 Å². The van der Waals surface area contributed by atoms with Crippen molar-refractivity contribution in [3.63, 3.8) is 0 Å². The van der Waals surface area contributed by atoms with E-state index in [2.05, 4.69) is 19.2 Å². The zero-order chi connectivity index (χ0) is 14.5. The summed E-state index contributed by atoms with van der Waals surface area (Å²) >= 11 is 0. The molecule has 3 nitrogen and oxygen atoms in total. The summed E-state index contributed by atoms with van der Waals surface area (Å²) < 4.78 is 5.32. The summed E-state index contributed by atoms with van der Waals surface area (Å²) in [5.41, 5.74) is -0.384. The molecule has 1 aliphatic rings. The van der Waals surface area contributed by atoms with Crippen LogP contribution in [0.1, 0.15) is 66.7 Å². The highest BCUT2D eigenvalue weighted by atomic mass is 16.6. The molecule has 112 valence electrons. The maximum atomic E-state index is 11.7. The summed E-state index contributed by atoms with van der Waals surface area (Å²) in [7, 11) is 0. The Morgan fingerprint density at radius 3 is 2.47 bits per heavy atom. The van der Waals surface area contributed by atoms with Crippen LogP contribution in [0.2, 0.25) is 0 Å². The lowest BCUT2D eigenvalue weighted by molar-refractivity contribution is -0.153. The van der Waals surface area contributed by atoms with Crippen molar-refractivity contribution >= 4 is 5.97 Å². The molecule has 1 rings (SSSR count). The van der Waals surface area contributed by atoms with E-state index in [0.29, 0.717) is 12.6 Å². The first-order valence-corrected chi connectivity index (χ1v) is 7.73. The molecule has 0 aromatic heterocycles. The van der Waals surface area contributed by atoms with E-state index in [1.54, 1.807) is 0 Å². The lowest BCUT2D eigenvalue weighted by Gasteiger charge is -2.22. The van der Waals surface area contributed by atoms with Crippen LogP contribution in [0.4, 0.5) is 0 Å². The third-order valence-corrected chi connectivity index (χ3v) is 3.91. The number of hydrogen-bond acceptors (Lipinski definition) is 3. The smallest absolute Gasteiger partial charge is 0.320 e. The van der Waals surface area contributed by atoms with Crippen molar-refractivity contribution in [1.29, 1.82) is 0 Å². The molecule has 19 heavy (non-hydrogen) atoms. The van der Waals surface area contributed by atoms with Crippen LogP contribution in [0.3, 0.4) is 0 Å². The number of carbonyl (C=O) groups is 1. The standard InChI is InChI=1S/C16H31NO2/c1-12(2)13-7-6-8-14(10-9-13)17-11-15(18)19-16(3,4)5/h12-14,17H,6-11H2,1-5H3. The van der Waals surface area contributed by atoms with E-state index < -0.39 is 0 Å². The average Bonchev–Trinajstić information content (AvgIpc) is 2.49. The highest BCUT2D eigenvalue weighted by molar-refractivity contribution is 5.72. The molecule has 1 saturated carbocycles. The van der Waals surface area contributed by atoms with Gasteiger partial charge < -0.3 is 10.1 Å². The molecule has 0 amide bonds. The third-order valence-electron chi connectivity index (χ3n) is 3.91. The molecular formula is C16H31NO2. The molecule has 0 spiro atoms. The minimum Gasteiger partial charge on any atom is -0.459 e. The van der Waals surface area contributed by atoms with Gasteiger partial charge in [-0.25, -0.2) is 0 Å². The lowest BCUT2D eigenvalue weighted by Crippen LogP contribution is -2.37. The van der Waals surface area contributed by atoms with Gasteiger partial charge in [0.2, 0.25) is 0 Å². The predicted molar refractivity (Wildman–Crippen MR) is 79.0 cm³/mol. The second-order valence-electron chi connectivity index (χ2n) is 7.18. The number of carbonyl (C=O) groups excluding carboxylic acids is 1. The molecule has 3 heteroatoms. The van der Waals surface area contributed by atoms with E-state index in [1.807, 2.05) is 20.8 Å². The number of nitrogens with one attached hydrogen (secondary N) is 1. The van der Waals surface area contributed by atoms with Gasteiger partial charge >= 0.3 is 5.97 Å². The molecule has 0 heterocycles. The topological polar surface area (TPSA) is 38.3 Å². The van der Waals surface area contributed by atoms with E-state index >= 15 is 0 Å².